The van der Waals surface area contributed by atoms with Gasteiger partial charge in [0.15, 0.2) is 0 Å². The number of H-pyrrole nitrogens is 1. The molecule has 7 heteroatoms. The molecule has 7 nitrogen and oxygen atoms in total. The zero-order valence-electron chi connectivity index (χ0n) is 16.6. The highest BCUT2D eigenvalue weighted by Crippen LogP contribution is 2.23. The van der Waals surface area contributed by atoms with E-state index in [1.54, 1.807) is 24.5 Å². The molecule has 1 amide bonds. The Labute approximate surface area is 174 Å². The van der Waals surface area contributed by atoms with E-state index < -0.39 is 11.5 Å². The van der Waals surface area contributed by atoms with Gasteiger partial charge >= 0.3 is 0 Å². The number of rotatable bonds is 6. The van der Waals surface area contributed by atoms with E-state index in [9.17, 15) is 9.59 Å². The fourth-order valence-corrected chi connectivity index (χ4v) is 3.73. The van der Waals surface area contributed by atoms with Crippen LogP contribution < -0.4 is 10.9 Å². The van der Waals surface area contributed by atoms with Gasteiger partial charge in [0.2, 0.25) is 0 Å². The van der Waals surface area contributed by atoms with Crippen LogP contribution in [0.3, 0.4) is 0 Å². The van der Waals surface area contributed by atoms with Crippen molar-refractivity contribution in [2.24, 2.45) is 0 Å². The Bertz CT molecular complexity index is 1040. The van der Waals surface area contributed by atoms with Crippen molar-refractivity contribution < 1.29 is 9.53 Å². The molecule has 1 saturated carbocycles. The second-order valence-corrected chi connectivity index (χ2v) is 7.43. The van der Waals surface area contributed by atoms with Gasteiger partial charge in [0.1, 0.15) is 5.56 Å². The van der Waals surface area contributed by atoms with Crippen LogP contribution in [0, 0.1) is 0 Å². The molecule has 2 N–H and O–H groups in total. The first-order valence-electron chi connectivity index (χ1n) is 10.2. The van der Waals surface area contributed by atoms with Crippen molar-refractivity contribution in [2.75, 3.05) is 0 Å². The maximum absolute atomic E-state index is 12.9. The Morgan fingerprint density at radius 3 is 2.67 bits per heavy atom. The Morgan fingerprint density at radius 1 is 1.10 bits per heavy atom. The first kappa shape index (κ1) is 20.0. The number of aromatic amines is 1. The van der Waals surface area contributed by atoms with Crippen molar-refractivity contribution >= 4 is 5.91 Å². The number of hydrogen-bond donors (Lipinski definition) is 2. The van der Waals surface area contributed by atoms with E-state index in [-0.39, 0.29) is 17.7 Å². The third-order valence-electron chi connectivity index (χ3n) is 5.35. The minimum absolute atomic E-state index is 0.0456. The number of amides is 1. The second kappa shape index (κ2) is 9.45. The van der Waals surface area contributed by atoms with E-state index >= 15 is 0 Å². The minimum Gasteiger partial charge on any atom is -0.371 e. The lowest BCUT2D eigenvalue weighted by Crippen LogP contribution is -2.47. The second-order valence-electron chi connectivity index (χ2n) is 7.43. The number of ether oxygens (including phenoxy) is 1. The van der Waals surface area contributed by atoms with Crippen molar-refractivity contribution in [2.45, 2.75) is 44.4 Å². The average molecular weight is 404 g/mol. The third kappa shape index (κ3) is 4.80. The highest BCUT2D eigenvalue weighted by molar-refractivity contribution is 5.94. The standard InChI is InChI=1S/C23H24N4O3/c28-22(18-14-20(26-27-23(18)29)17-10-12-24-13-11-17)25-19-8-4-5-9-21(19)30-15-16-6-2-1-3-7-16/h1-3,6-7,10-14,19,21H,4-5,8-9,15H2,(H,25,28)(H,27,29)/t19-,21-/m0/s1. The molecular weight excluding hydrogens is 380 g/mol. The molecule has 154 valence electrons. The van der Waals surface area contributed by atoms with E-state index in [2.05, 4.69) is 20.5 Å². The summed E-state index contributed by atoms with van der Waals surface area (Å²) >= 11 is 0. The van der Waals surface area contributed by atoms with Crippen LogP contribution in [0.2, 0.25) is 0 Å². The van der Waals surface area contributed by atoms with Crippen LogP contribution in [-0.2, 0) is 11.3 Å². The van der Waals surface area contributed by atoms with Crippen molar-refractivity contribution in [3.05, 3.63) is 82.4 Å². The van der Waals surface area contributed by atoms with Crippen LogP contribution in [0.4, 0.5) is 0 Å². The molecule has 0 unspecified atom stereocenters. The van der Waals surface area contributed by atoms with E-state index in [4.69, 9.17) is 4.74 Å². The van der Waals surface area contributed by atoms with Gasteiger partial charge in [-0.2, -0.15) is 5.10 Å². The Kier molecular flexibility index (Phi) is 6.29. The summed E-state index contributed by atoms with van der Waals surface area (Å²) in [5.74, 6) is -0.408. The SMILES string of the molecule is O=C(N[C@H]1CCCC[C@@H]1OCc1ccccc1)c1cc(-c2ccncc2)n[nH]c1=O. The van der Waals surface area contributed by atoms with E-state index in [0.717, 1.165) is 36.8 Å². The van der Waals surface area contributed by atoms with Crippen LogP contribution in [-0.4, -0.2) is 33.2 Å². The topological polar surface area (TPSA) is 97.0 Å². The van der Waals surface area contributed by atoms with Crippen molar-refractivity contribution in [3.63, 3.8) is 0 Å². The lowest BCUT2D eigenvalue weighted by molar-refractivity contribution is -0.00463. The van der Waals surface area contributed by atoms with Crippen molar-refractivity contribution in [1.82, 2.24) is 20.5 Å². The Hall–Kier alpha value is -3.32. The zero-order chi connectivity index (χ0) is 20.8. The van der Waals surface area contributed by atoms with Crippen LogP contribution >= 0.6 is 0 Å². The maximum Gasteiger partial charge on any atom is 0.277 e. The molecule has 2 aromatic heterocycles. The van der Waals surface area contributed by atoms with E-state index in [1.807, 2.05) is 30.3 Å². The highest BCUT2D eigenvalue weighted by Gasteiger charge is 2.28. The molecule has 0 spiro atoms. The molecule has 1 fully saturated rings. The lowest BCUT2D eigenvalue weighted by Gasteiger charge is -2.32. The number of benzene rings is 1. The number of pyridine rings is 1. The molecule has 2 heterocycles. The number of hydrogen-bond acceptors (Lipinski definition) is 5. The van der Waals surface area contributed by atoms with E-state index in [1.165, 1.54) is 6.07 Å². The quantitative estimate of drug-likeness (QED) is 0.658. The number of aromatic nitrogens is 3. The van der Waals surface area contributed by atoms with Gasteiger partial charge < -0.3 is 10.1 Å². The smallest absolute Gasteiger partial charge is 0.277 e. The van der Waals surface area contributed by atoms with Gasteiger partial charge in [-0.25, -0.2) is 5.10 Å². The summed E-state index contributed by atoms with van der Waals surface area (Å²) in [5, 5.41) is 9.49. The molecule has 4 rings (SSSR count). The van der Waals surface area contributed by atoms with Crippen molar-refractivity contribution in [1.29, 1.82) is 0 Å². The molecule has 0 radical (unpaired) electrons. The summed E-state index contributed by atoms with van der Waals surface area (Å²) in [6.45, 7) is 0.500. The van der Waals surface area contributed by atoms with E-state index in [0.29, 0.717) is 12.3 Å². The summed E-state index contributed by atoms with van der Waals surface area (Å²) in [5.41, 5.74) is 1.92. The average Bonchev–Trinajstić information content (AvgIpc) is 2.80. The Morgan fingerprint density at radius 2 is 1.87 bits per heavy atom. The molecule has 0 saturated heterocycles. The normalized spacial score (nSPS) is 18.7. The molecule has 2 atom stereocenters. The van der Waals surface area contributed by atoms with Crippen LogP contribution in [0.25, 0.3) is 11.3 Å². The minimum atomic E-state index is -0.511. The molecule has 30 heavy (non-hydrogen) atoms. The first-order valence-corrected chi connectivity index (χ1v) is 10.2. The summed E-state index contributed by atoms with van der Waals surface area (Å²) in [4.78, 5) is 29.1. The summed E-state index contributed by atoms with van der Waals surface area (Å²) < 4.78 is 6.12. The van der Waals surface area contributed by atoms with Gasteiger partial charge in [0.05, 0.1) is 24.4 Å². The van der Waals surface area contributed by atoms with Crippen LogP contribution in [0.1, 0.15) is 41.6 Å². The third-order valence-corrected chi connectivity index (χ3v) is 5.35. The van der Waals surface area contributed by atoms with Crippen LogP contribution in [0.5, 0.6) is 0 Å². The highest BCUT2D eigenvalue weighted by atomic mass is 16.5. The number of carbonyl (C=O) groups is 1. The predicted molar refractivity (Wildman–Crippen MR) is 113 cm³/mol. The first-order chi connectivity index (χ1) is 14.7. The molecule has 0 aliphatic heterocycles. The molecule has 1 aromatic carbocycles. The summed E-state index contributed by atoms with van der Waals surface area (Å²) in [6.07, 6.45) is 6.98. The Balaban J connectivity index is 1.47. The maximum atomic E-state index is 12.9. The molecule has 3 aromatic rings. The molecule has 0 bridgehead atoms. The largest absolute Gasteiger partial charge is 0.371 e. The molecule has 1 aliphatic carbocycles. The molecule has 1 aliphatic rings. The van der Waals surface area contributed by atoms with Gasteiger partial charge in [-0.15, -0.1) is 0 Å². The monoisotopic (exact) mass is 404 g/mol. The summed E-state index contributed by atoms with van der Waals surface area (Å²) in [6, 6.07) is 14.9. The molecular formula is C23H24N4O3. The number of carbonyl (C=O) groups excluding carboxylic acids is 1. The van der Waals surface area contributed by atoms with Gasteiger partial charge in [-0.3, -0.25) is 14.6 Å². The van der Waals surface area contributed by atoms with Gasteiger partial charge in [-0.05, 0) is 36.6 Å². The number of nitrogens with one attached hydrogen (secondary N) is 2. The van der Waals surface area contributed by atoms with Crippen LogP contribution in [0.15, 0.2) is 65.7 Å². The van der Waals surface area contributed by atoms with Gasteiger partial charge in [0.25, 0.3) is 11.5 Å². The van der Waals surface area contributed by atoms with Gasteiger partial charge in [0, 0.05) is 18.0 Å². The fraction of sp³-hybridized carbons (Fsp3) is 0.304. The number of nitrogens with zero attached hydrogens (tertiary/aromatic N) is 2. The lowest BCUT2D eigenvalue weighted by atomic mass is 9.92. The van der Waals surface area contributed by atoms with Crippen molar-refractivity contribution in [3.8, 4) is 11.3 Å². The van der Waals surface area contributed by atoms with Gasteiger partial charge in [-0.1, -0.05) is 43.2 Å². The fourth-order valence-electron chi connectivity index (χ4n) is 3.73. The predicted octanol–water partition coefficient (Wildman–Crippen LogP) is 3.09. The summed E-state index contributed by atoms with van der Waals surface area (Å²) in [7, 11) is 0. The zero-order valence-corrected chi connectivity index (χ0v) is 16.6.